The fourth-order valence-electron chi connectivity index (χ4n) is 2.87. The third kappa shape index (κ3) is 5.92. The van der Waals surface area contributed by atoms with Crippen molar-refractivity contribution < 1.29 is 13.2 Å². The molecule has 1 saturated carbocycles. The highest BCUT2D eigenvalue weighted by molar-refractivity contribution is 7.90. The summed E-state index contributed by atoms with van der Waals surface area (Å²) in [5, 5.41) is 0. The lowest BCUT2D eigenvalue weighted by Crippen LogP contribution is -2.39. The van der Waals surface area contributed by atoms with Crippen molar-refractivity contribution in [2.24, 2.45) is 17.3 Å². The summed E-state index contributed by atoms with van der Waals surface area (Å²) >= 11 is 0. The molecule has 0 aromatic heterocycles. The van der Waals surface area contributed by atoms with Crippen LogP contribution in [0, 0.1) is 17.3 Å². The molecular formula is C15H29NO3S. The zero-order chi connectivity index (χ0) is 15.6. The number of rotatable bonds is 5. The van der Waals surface area contributed by atoms with Gasteiger partial charge in [-0.1, -0.05) is 20.8 Å². The van der Waals surface area contributed by atoms with Gasteiger partial charge in [0.15, 0.2) is 0 Å². The number of carbonyl (C=O) groups excluding carboxylic acids is 1. The van der Waals surface area contributed by atoms with Crippen LogP contribution in [0.15, 0.2) is 0 Å². The van der Waals surface area contributed by atoms with Crippen molar-refractivity contribution in [2.75, 3.05) is 32.1 Å². The summed E-state index contributed by atoms with van der Waals surface area (Å²) in [7, 11) is -1.03. The second kappa shape index (κ2) is 6.56. The second-order valence-electron chi connectivity index (χ2n) is 7.39. The standard InChI is InChI=1S/C15H29NO3S/c1-15(2,3)13-6-7-14(17)12(10-13)11-16(4)8-9-20(5,18)19/h12-13H,6-11H2,1-5H3. The molecule has 0 aliphatic heterocycles. The van der Waals surface area contributed by atoms with Gasteiger partial charge in [-0.2, -0.15) is 0 Å². The van der Waals surface area contributed by atoms with Crippen LogP contribution in [0.3, 0.4) is 0 Å². The summed E-state index contributed by atoms with van der Waals surface area (Å²) < 4.78 is 22.4. The van der Waals surface area contributed by atoms with E-state index in [0.29, 0.717) is 31.2 Å². The lowest BCUT2D eigenvalue weighted by molar-refractivity contribution is -0.127. The number of carbonyl (C=O) groups is 1. The number of ketones is 1. The van der Waals surface area contributed by atoms with Gasteiger partial charge in [0, 0.05) is 31.7 Å². The first-order chi connectivity index (χ1) is 8.99. The van der Waals surface area contributed by atoms with Crippen LogP contribution in [0.5, 0.6) is 0 Å². The van der Waals surface area contributed by atoms with E-state index in [2.05, 4.69) is 20.8 Å². The minimum atomic E-state index is -2.93. The lowest BCUT2D eigenvalue weighted by Gasteiger charge is -2.38. The third-order valence-electron chi connectivity index (χ3n) is 4.36. The Bertz CT molecular complexity index is 437. The average molecular weight is 303 g/mol. The van der Waals surface area contributed by atoms with E-state index in [1.807, 2.05) is 11.9 Å². The highest BCUT2D eigenvalue weighted by Crippen LogP contribution is 2.39. The minimum Gasteiger partial charge on any atom is -0.305 e. The van der Waals surface area contributed by atoms with Crippen molar-refractivity contribution in [3.8, 4) is 0 Å². The summed E-state index contributed by atoms with van der Waals surface area (Å²) in [4.78, 5) is 14.0. The summed E-state index contributed by atoms with van der Waals surface area (Å²) in [6.45, 7) is 7.89. The van der Waals surface area contributed by atoms with Gasteiger partial charge >= 0.3 is 0 Å². The van der Waals surface area contributed by atoms with Gasteiger partial charge in [-0.3, -0.25) is 4.79 Å². The molecule has 2 atom stereocenters. The summed E-state index contributed by atoms with van der Waals surface area (Å²) in [5.74, 6) is 1.15. The quantitative estimate of drug-likeness (QED) is 0.779. The van der Waals surface area contributed by atoms with E-state index >= 15 is 0 Å². The molecule has 1 rings (SSSR count). The maximum atomic E-state index is 12.1. The first-order valence-electron chi connectivity index (χ1n) is 7.38. The highest BCUT2D eigenvalue weighted by Gasteiger charge is 2.35. The molecule has 0 aromatic rings. The van der Waals surface area contributed by atoms with Gasteiger partial charge < -0.3 is 4.90 Å². The number of hydrogen-bond donors (Lipinski definition) is 0. The topological polar surface area (TPSA) is 54.5 Å². The van der Waals surface area contributed by atoms with E-state index < -0.39 is 9.84 Å². The van der Waals surface area contributed by atoms with E-state index in [9.17, 15) is 13.2 Å². The molecule has 4 nitrogen and oxygen atoms in total. The minimum absolute atomic E-state index is 0.0672. The van der Waals surface area contributed by atoms with Crippen molar-refractivity contribution >= 4 is 15.6 Å². The van der Waals surface area contributed by atoms with E-state index in [1.54, 1.807) is 0 Å². The van der Waals surface area contributed by atoms with Crippen molar-refractivity contribution in [1.82, 2.24) is 4.90 Å². The van der Waals surface area contributed by atoms with Crippen LogP contribution in [-0.2, 0) is 14.6 Å². The van der Waals surface area contributed by atoms with Crippen LogP contribution >= 0.6 is 0 Å². The van der Waals surface area contributed by atoms with Crippen molar-refractivity contribution in [3.63, 3.8) is 0 Å². The van der Waals surface area contributed by atoms with Crippen LogP contribution in [0.25, 0.3) is 0 Å². The number of Topliss-reactive ketones (excluding diaryl/α,β-unsaturated/α-hetero) is 1. The third-order valence-corrected chi connectivity index (χ3v) is 5.29. The zero-order valence-corrected chi connectivity index (χ0v) is 14.3. The van der Waals surface area contributed by atoms with Crippen LogP contribution in [0.2, 0.25) is 0 Å². The predicted octanol–water partition coefficient (Wildman–Crippen LogP) is 1.99. The molecule has 0 aromatic carbocycles. The van der Waals surface area contributed by atoms with E-state index in [1.165, 1.54) is 6.26 Å². The van der Waals surface area contributed by atoms with Gasteiger partial charge in [-0.05, 0) is 31.2 Å². The maximum absolute atomic E-state index is 12.1. The van der Waals surface area contributed by atoms with Crippen LogP contribution in [-0.4, -0.2) is 51.2 Å². The lowest BCUT2D eigenvalue weighted by atomic mass is 9.68. The van der Waals surface area contributed by atoms with Gasteiger partial charge in [-0.15, -0.1) is 0 Å². The molecule has 20 heavy (non-hydrogen) atoms. The monoisotopic (exact) mass is 303 g/mol. The first kappa shape index (κ1) is 17.6. The molecule has 5 heteroatoms. The van der Waals surface area contributed by atoms with Crippen molar-refractivity contribution in [2.45, 2.75) is 40.0 Å². The molecule has 0 amide bonds. The first-order valence-corrected chi connectivity index (χ1v) is 9.44. The van der Waals surface area contributed by atoms with E-state index in [4.69, 9.17) is 0 Å². The average Bonchev–Trinajstić information content (AvgIpc) is 2.27. The van der Waals surface area contributed by atoms with Crippen molar-refractivity contribution in [1.29, 1.82) is 0 Å². The Morgan fingerprint density at radius 2 is 1.90 bits per heavy atom. The summed E-state index contributed by atoms with van der Waals surface area (Å²) in [6, 6.07) is 0. The fourth-order valence-corrected chi connectivity index (χ4v) is 3.51. The fraction of sp³-hybridized carbons (Fsp3) is 0.933. The number of sulfone groups is 1. The molecule has 2 unspecified atom stereocenters. The summed E-state index contributed by atoms with van der Waals surface area (Å²) in [6.07, 6.45) is 3.85. The number of nitrogens with zero attached hydrogens (tertiary/aromatic N) is 1. The van der Waals surface area contributed by atoms with Crippen LogP contribution in [0.1, 0.15) is 40.0 Å². The molecule has 0 radical (unpaired) electrons. The molecule has 118 valence electrons. The molecule has 1 fully saturated rings. The van der Waals surface area contributed by atoms with Crippen LogP contribution < -0.4 is 0 Å². The SMILES string of the molecule is CN(CCS(C)(=O)=O)CC1CC(C(C)(C)C)CCC1=O. The Morgan fingerprint density at radius 3 is 2.40 bits per heavy atom. The van der Waals surface area contributed by atoms with Gasteiger partial charge in [0.05, 0.1) is 5.75 Å². The van der Waals surface area contributed by atoms with Gasteiger partial charge in [0.25, 0.3) is 0 Å². The Balaban J connectivity index is 2.54. The number of hydrogen-bond acceptors (Lipinski definition) is 4. The molecule has 1 aliphatic rings. The second-order valence-corrected chi connectivity index (χ2v) is 9.65. The van der Waals surface area contributed by atoms with Gasteiger partial charge in [0.2, 0.25) is 0 Å². The van der Waals surface area contributed by atoms with Crippen molar-refractivity contribution in [3.05, 3.63) is 0 Å². The Hall–Kier alpha value is -0.420. The molecule has 1 aliphatic carbocycles. The Labute approximate surface area is 123 Å². The van der Waals surface area contributed by atoms with Crippen LogP contribution in [0.4, 0.5) is 0 Å². The zero-order valence-electron chi connectivity index (χ0n) is 13.5. The van der Waals surface area contributed by atoms with E-state index in [-0.39, 0.29) is 17.1 Å². The normalized spacial score (nSPS) is 25.2. The van der Waals surface area contributed by atoms with E-state index in [0.717, 1.165) is 12.8 Å². The Morgan fingerprint density at radius 1 is 1.30 bits per heavy atom. The molecular weight excluding hydrogens is 274 g/mol. The molecule has 0 spiro atoms. The molecule has 0 heterocycles. The Kier molecular flexibility index (Phi) is 5.79. The molecule has 0 saturated heterocycles. The van der Waals surface area contributed by atoms with Gasteiger partial charge in [0.1, 0.15) is 15.6 Å². The smallest absolute Gasteiger partial charge is 0.148 e. The maximum Gasteiger partial charge on any atom is 0.148 e. The predicted molar refractivity (Wildman–Crippen MR) is 82.5 cm³/mol. The molecule has 0 N–H and O–H groups in total. The summed E-state index contributed by atoms with van der Waals surface area (Å²) in [5.41, 5.74) is 0.240. The highest BCUT2D eigenvalue weighted by atomic mass is 32.2. The largest absolute Gasteiger partial charge is 0.305 e. The van der Waals surface area contributed by atoms with Gasteiger partial charge in [-0.25, -0.2) is 8.42 Å². The molecule has 0 bridgehead atoms.